The van der Waals surface area contributed by atoms with Crippen LogP contribution in [-0.4, -0.2) is 52.8 Å². The van der Waals surface area contributed by atoms with Crippen LogP contribution >= 0.6 is 0 Å². The summed E-state index contributed by atoms with van der Waals surface area (Å²) in [7, 11) is 1.63. The Balaban J connectivity index is 1.52. The van der Waals surface area contributed by atoms with Gasteiger partial charge in [-0.3, -0.25) is 14.0 Å². The lowest BCUT2D eigenvalue weighted by Gasteiger charge is -2.13. The number of hydrogen-bond acceptors (Lipinski definition) is 4. The number of carbonyl (C=O) groups excluding carboxylic acids is 2. The number of carbonyl (C=O) groups is 2. The molecule has 1 N–H and O–H groups in total. The second-order valence-corrected chi connectivity index (χ2v) is 7.06. The summed E-state index contributed by atoms with van der Waals surface area (Å²) in [6.07, 6.45) is 4.43. The lowest BCUT2D eigenvalue weighted by molar-refractivity contribution is 0.0780. The van der Waals surface area contributed by atoms with Crippen LogP contribution in [0.15, 0.2) is 48.7 Å². The number of para-hydroxylation sites is 1. The molecule has 0 radical (unpaired) electrons. The minimum absolute atomic E-state index is 0.128. The van der Waals surface area contributed by atoms with Crippen LogP contribution in [0.2, 0.25) is 0 Å². The molecule has 1 aromatic carbocycles. The second kappa shape index (κ2) is 8.34. The molecule has 0 saturated carbocycles. The maximum absolute atomic E-state index is 12.9. The fourth-order valence-electron chi connectivity index (χ4n) is 3.72. The summed E-state index contributed by atoms with van der Waals surface area (Å²) in [6.45, 7) is 1.92. The number of nitrogens with one attached hydrogen (secondary N) is 1. The number of amides is 2. The molecule has 4 rings (SSSR count). The van der Waals surface area contributed by atoms with E-state index in [1.165, 1.54) is 0 Å². The molecule has 7 heteroatoms. The van der Waals surface area contributed by atoms with E-state index in [4.69, 9.17) is 4.74 Å². The Labute approximate surface area is 169 Å². The van der Waals surface area contributed by atoms with Gasteiger partial charge in [-0.05, 0) is 43.0 Å². The largest absolute Gasteiger partial charge is 0.496 e. The third kappa shape index (κ3) is 3.81. The topological polar surface area (TPSA) is 75.9 Å². The van der Waals surface area contributed by atoms with Gasteiger partial charge in [0.25, 0.3) is 11.8 Å². The third-order valence-corrected chi connectivity index (χ3v) is 5.22. The highest BCUT2D eigenvalue weighted by molar-refractivity contribution is 6.02. The number of benzene rings is 1. The van der Waals surface area contributed by atoms with Gasteiger partial charge in [-0.25, -0.2) is 4.98 Å². The first-order valence-corrected chi connectivity index (χ1v) is 9.85. The zero-order chi connectivity index (χ0) is 20.2. The van der Waals surface area contributed by atoms with Crippen molar-refractivity contribution in [3.05, 3.63) is 65.7 Å². The second-order valence-electron chi connectivity index (χ2n) is 7.06. The Bertz CT molecular complexity index is 1040. The summed E-state index contributed by atoms with van der Waals surface area (Å²) >= 11 is 0. The van der Waals surface area contributed by atoms with E-state index in [0.29, 0.717) is 18.5 Å². The van der Waals surface area contributed by atoms with Crippen LogP contribution in [0.1, 0.15) is 39.5 Å². The van der Waals surface area contributed by atoms with E-state index in [1.54, 1.807) is 22.6 Å². The molecule has 1 fully saturated rings. The van der Waals surface area contributed by atoms with Crippen molar-refractivity contribution >= 4 is 17.3 Å². The van der Waals surface area contributed by atoms with Crippen molar-refractivity contribution in [3.63, 3.8) is 0 Å². The summed E-state index contributed by atoms with van der Waals surface area (Å²) in [5.41, 5.74) is 1.92. The smallest absolute Gasteiger partial charge is 0.290 e. The molecule has 3 aromatic rings. The van der Waals surface area contributed by atoms with Crippen LogP contribution in [0.5, 0.6) is 5.75 Å². The van der Waals surface area contributed by atoms with Crippen LogP contribution < -0.4 is 10.1 Å². The standard InChI is InChI=1S/C22H24N4O3/c1-29-18-10-3-2-8-16(18)11-12-23-21(27)19-17-9-4-5-15-26(17)20(24-19)22(28)25-13-6-7-14-25/h2-5,8-10,15H,6-7,11-14H2,1H3,(H,23,27). The Morgan fingerprint density at radius 3 is 2.66 bits per heavy atom. The van der Waals surface area contributed by atoms with Gasteiger partial charge in [0.15, 0.2) is 5.69 Å². The molecule has 2 aromatic heterocycles. The average Bonchev–Trinajstić information content (AvgIpc) is 3.42. The molecule has 2 amide bonds. The van der Waals surface area contributed by atoms with E-state index in [0.717, 1.165) is 37.2 Å². The summed E-state index contributed by atoms with van der Waals surface area (Å²) in [4.78, 5) is 31.9. The number of methoxy groups -OCH3 is 1. The Morgan fingerprint density at radius 2 is 1.86 bits per heavy atom. The Hall–Kier alpha value is -3.35. The molecule has 3 heterocycles. The van der Waals surface area contributed by atoms with Gasteiger partial charge in [-0.15, -0.1) is 0 Å². The highest BCUT2D eigenvalue weighted by atomic mass is 16.5. The molecule has 7 nitrogen and oxygen atoms in total. The molecule has 0 unspecified atom stereocenters. The minimum Gasteiger partial charge on any atom is -0.496 e. The van der Waals surface area contributed by atoms with E-state index >= 15 is 0 Å². The number of hydrogen-bond donors (Lipinski definition) is 1. The van der Waals surface area contributed by atoms with Gasteiger partial charge in [-0.1, -0.05) is 24.3 Å². The summed E-state index contributed by atoms with van der Waals surface area (Å²) in [6, 6.07) is 13.2. The molecule has 29 heavy (non-hydrogen) atoms. The normalized spacial score (nSPS) is 13.6. The molecule has 1 aliphatic rings. The summed E-state index contributed by atoms with van der Waals surface area (Å²) < 4.78 is 7.06. The molecular formula is C22H24N4O3. The predicted molar refractivity (Wildman–Crippen MR) is 109 cm³/mol. The van der Waals surface area contributed by atoms with Crippen molar-refractivity contribution in [2.45, 2.75) is 19.3 Å². The number of rotatable bonds is 6. The average molecular weight is 392 g/mol. The van der Waals surface area contributed by atoms with Crippen molar-refractivity contribution in [1.82, 2.24) is 19.6 Å². The zero-order valence-corrected chi connectivity index (χ0v) is 16.4. The highest BCUT2D eigenvalue weighted by Gasteiger charge is 2.26. The van der Waals surface area contributed by atoms with Crippen molar-refractivity contribution in [3.8, 4) is 5.75 Å². The van der Waals surface area contributed by atoms with Crippen molar-refractivity contribution in [1.29, 1.82) is 0 Å². The first-order valence-electron chi connectivity index (χ1n) is 9.85. The molecule has 1 saturated heterocycles. The monoisotopic (exact) mass is 392 g/mol. The van der Waals surface area contributed by atoms with Crippen LogP contribution in [0.25, 0.3) is 5.52 Å². The van der Waals surface area contributed by atoms with E-state index < -0.39 is 0 Å². The summed E-state index contributed by atoms with van der Waals surface area (Å²) in [5, 5.41) is 2.92. The number of imidazole rings is 1. The number of fused-ring (bicyclic) bond motifs is 1. The number of aromatic nitrogens is 2. The van der Waals surface area contributed by atoms with Gasteiger partial charge in [0.05, 0.1) is 12.6 Å². The fourth-order valence-corrected chi connectivity index (χ4v) is 3.72. The lowest BCUT2D eigenvalue weighted by Crippen LogP contribution is -2.29. The molecule has 0 atom stereocenters. The lowest BCUT2D eigenvalue weighted by atomic mass is 10.1. The van der Waals surface area contributed by atoms with Gasteiger partial charge < -0.3 is 15.0 Å². The van der Waals surface area contributed by atoms with Gasteiger partial charge >= 0.3 is 0 Å². The summed E-state index contributed by atoms with van der Waals surface area (Å²) in [5.74, 6) is 0.672. The minimum atomic E-state index is -0.288. The quantitative estimate of drug-likeness (QED) is 0.700. The van der Waals surface area contributed by atoms with E-state index in [1.807, 2.05) is 42.5 Å². The molecule has 0 bridgehead atoms. The van der Waals surface area contributed by atoms with Gasteiger partial charge in [0.1, 0.15) is 5.75 Å². The number of likely N-dealkylation sites (tertiary alicyclic amines) is 1. The van der Waals surface area contributed by atoms with Gasteiger partial charge in [0, 0.05) is 25.8 Å². The van der Waals surface area contributed by atoms with Crippen molar-refractivity contribution in [2.75, 3.05) is 26.7 Å². The first-order chi connectivity index (χ1) is 14.2. The number of ether oxygens (including phenoxy) is 1. The molecule has 150 valence electrons. The van der Waals surface area contributed by atoms with Gasteiger partial charge in [0.2, 0.25) is 5.82 Å². The Kier molecular flexibility index (Phi) is 5.46. The first kappa shape index (κ1) is 19.0. The molecule has 0 aliphatic carbocycles. The van der Waals surface area contributed by atoms with Gasteiger partial charge in [-0.2, -0.15) is 0 Å². The molecule has 1 aliphatic heterocycles. The highest BCUT2D eigenvalue weighted by Crippen LogP contribution is 2.19. The fraction of sp³-hybridized carbons (Fsp3) is 0.318. The third-order valence-electron chi connectivity index (χ3n) is 5.22. The predicted octanol–water partition coefficient (Wildman–Crippen LogP) is 2.55. The van der Waals surface area contributed by atoms with Crippen LogP contribution in [0, 0.1) is 0 Å². The number of pyridine rings is 1. The van der Waals surface area contributed by atoms with E-state index in [2.05, 4.69) is 10.3 Å². The van der Waals surface area contributed by atoms with Crippen molar-refractivity contribution < 1.29 is 14.3 Å². The van der Waals surface area contributed by atoms with E-state index in [9.17, 15) is 9.59 Å². The van der Waals surface area contributed by atoms with Crippen LogP contribution in [0.4, 0.5) is 0 Å². The number of nitrogens with zero attached hydrogens (tertiary/aromatic N) is 3. The van der Waals surface area contributed by atoms with E-state index in [-0.39, 0.29) is 23.3 Å². The van der Waals surface area contributed by atoms with Crippen molar-refractivity contribution in [2.24, 2.45) is 0 Å². The van der Waals surface area contributed by atoms with Crippen LogP contribution in [-0.2, 0) is 6.42 Å². The van der Waals surface area contributed by atoms with Crippen LogP contribution in [0.3, 0.4) is 0 Å². The molecule has 0 spiro atoms. The zero-order valence-electron chi connectivity index (χ0n) is 16.4. The maximum atomic E-state index is 12.9. The molecular weight excluding hydrogens is 368 g/mol. The Morgan fingerprint density at radius 1 is 1.10 bits per heavy atom. The maximum Gasteiger partial charge on any atom is 0.290 e. The SMILES string of the molecule is COc1ccccc1CCNC(=O)c1nc(C(=O)N2CCCC2)n2ccccc12.